The van der Waals surface area contributed by atoms with Crippen LogP contribution in [0, 0.1) is 11.8 Å². The van der Waals surface area contributed by atoms with Crippen molar-refractivity contribution in [2.45, 2.75) is 19.4 Å². The Morgan fingerprint density at radius 1 is 1.04 bits per heavy atom. The van der Waals surface area contributed by atoms with Crippen LogP contribution in [0.4, 0.5) is 5.69 Å². The molecule has 0 aliphatic heterocycles. The topological polar surface area (TPSA) is 58.2 Å². The molecule has 1 fully saturated rings. The molecule has 2 aromatic carbocycles. The van der Waals surface area contributed by atoms with Gasteiger partial charge in [-0.1, -0.05) is 66.5 Å². The van der Waals surface area contributed by atoms with E-state index in [1.165, 1.54) is 0 Å². The van der Waals surface area contributed by atoms with Crippen LogP contribution in [-0.4, -0.2) is 11.8 Å². The van der Waals surface area contributed by atoms with Gasteiger partial charge >= 0.3 is 11.8 Å². The van der Waals surface area contributed by atoms with Crippen LogP contribution < -0.4 is 10.6 Å². The van der Waals surface area contributed by atoms with Gasteiger partial charge in [-0.2, -0.15) is 0 Å². The van der Waals surface area contributed by atoms with Crippen LogP contribution in [0.15, 0.2) is 48.5 Å². The molecule has 3 rings (SSSR count). The second-order valence-corrected chi connectivity index (χ2v) is 7.08. The fourth-order valence-electron chi connectivity index (χ4n) is 2.90. The zero-order valence-electron chi connectivity index (χ0n) is 13.6. The summed E-state index contributed by atoms with van der Waals surface area (Å²) in [6, 6.07) is 14.4. The first-order valence-corrected chi connectivity index (χ1v) is 8.83. The summed E-state index contributed by atoms with van der Waals surface area (Å²) in [6.07, 6.45) is 1.03. The number of carbonyl (C=O) groups is 2. The van der Waals surface area contributed by atoms with Crippen molar-refractivity contribution in [3.05, 3.63) is 64.1 Å². The summed E-state index contributed by atoms with van der Waals surface area (Å²) in [5.41, 5.74) is 1.31. The Morgan fingerprint density at radius 2 is 1.72 bits per heavy atom. The van der Waals surface area contributed by atoms with Crippen molar-refractivity contribution in [3.8, 4) is 0 Å². The highest BCUT2D eigenvalue weighted by Crippen LogP contribution is 2.46. The Kier molecular flexibility index (Phi) is 5.30. The average molecular weight is 377 g/mol. The number of carbonyl (C=O) groups excluding carboxylic acids is 2. The van der Waals surface area contributed by atoms with Crippen LogP contribution in [0.25, 0.3) is 0 Å². The van der Waals surface area contributed by atoms with Crippen molar-refractivity contribution in [2.75, 3.05) is 5.32 Å². The van der Waals surface area contributed by atoms with Crippen molar-refractivity contribution in [1.29, 1.82) is 0 Å². The van der Waals surface area contributed by atoms with Crippen LogP contribution in [0.5, 0.6) is 0 Å². The minimum absolute atomic E-state index is 0.177. The molecule has 3 unspecified atom stereocenters. The summed E-state index contributed by atoms with van der Waals surface area (Å²) in [4.78, 5) is 24.6. The summed E-state index contributed by atoms with van der Waals surface area (Å²) in [6.45, 7) is 2.14. The van der Waals surface area contributed by atoms with Gasteiger partial charge in [0.15, 0.2) is 0 Å². The molecule has 2 amide bonds. The minimum Gasteiger partial charge on any atom is -0.341 e. The van der Waals surface area contributed by atoms with E-state index < -0.39 is 11.8 Å². The summed E-state index contributed by atoms with van der Waals surface area (Å²) in [5.74, 6) is -0.591. The third-order valence-electron chi connectivity index (χ3n) is 4.45. The highest BCUT2D eigenvalue weighted by molar-refractivity contribution is 6.45. The Bertz CT molecular complexity index is 795. The zero-order valence-corrected chi connectivity index (χ0v) is 15.1. The summed E-state index contributed by atoms with van der Waals surface area (Å²) < 4.78 is 0. The molecular weight excluding hydrogens is 359 g/mol. The van der Waals surface area contributed by atoms with Gasteiger partial charge in [-0.15, -0.1) is 0 Å². The van der Waals surface area contributed by atoms with Crippen molar-refractivity contribution in [2.24, 2.45) is 11.8 Å². The maximum absolute atomic E-state index is 12.4. The number of amides is 2. The van der Waals surface area contributed by atoms with Crippen molar-refractivity contribution >= 4 is 40.7 Å². The van der Waals surface area contributed by atoms with Crippen LogP contribution in [0.3, 0.4) is 0 Å². The molecule has 1 saturated carbocycles. The molecule has 1 aliphatic carbocycles. The fourth-order valence-corrected chi connectivity index (χ4v) is 3.25. The fraction of sp³-hybridized carbons (Fsp3) is 0.263. The quantitative estimate of drug-likeness (QED) is 0.774. The van der Waals surface area contributed by atoms with Crippen molar-refractivity contribution in [3.63, 3.8) is 0 Å². The highest BCUT2D eigenvalue weighted by atomic mass is 35.5. The SMILES string of the molecule is CC1CC1C(NC(=O)C(=O)Nc1cccc(Cl)c1Cl)c1ccccc1. The monoisotopic (exact) mass is 376 g/mol. The Hall–Kier alpha value is -2.04. The van der Waals surface area contributed by atoms with E-state index in [1.807, 2.05) is 30.3 Å². The first kappa shape index (κ1) is 17.8. The molecule has 25 heavy (non-hydrogen) atoms. The van der Waals surface area contributed by atoms with Gasteiger partial charge in [-0.05, 0) is 36.0 Å². The largest absolute Gasteiger partial charge is 0.341 e. The summed E-state index contributed by atoms with van der Waals surface area (Å²) in [7, 11) is 0. The molecule has 1 aliphatic rings. The lowest BCUT2D eigenvalue weighted by Gasteiger charge is -2.19. The number of hydrogen-bond acceptors (Lipinski definition) is 2. The maximum Gasteiger partial charge on any atom is 0.313 e. The normalized spacial score (nSPS) is 19.8. The molecule has 2 aromatic rings. The molecule has 0 aromatic heterocycles. The minimum atomic E-state index is -0.765. The number of nitrogens with one attached hydrogen (secondary N) is 2. The molecule has 0 saturated heterocycles. The smallest absolute Gasteiger partial charge is 0.313 e. The molecule has 4 nitrogen and oxygen atoms in total. The van der Waals surface area contributed by atoms with Gasteiger partial charge in [-0.25, -0.2) is 0 Å². The van der Waals surface area contributed by atoms with Gasteiger partial charge in [0.05, 0.1) is 21.8 Å². The number of rotatable bonds is 4. The van der Waals surface area contributed by atoms with E-state index in [-0.39, 0.29) is 11.1 Å². The number of anilines is 1. The van der Waals surface area contributed by atoms with E-state index >= 15 is 0 Å². The molecule has 0 bridgehead atoms. The Labute approximate surface area is 156 Å². The van der Waals surface area contributed by atoms with Gasteiger partial charge in [0.2, 0.25) is 0 Å². The van der Waals surface area contributed by atoms with Crippen LogP contribution in [0.1, 0.15) is 24.9 Å². The number of halogens is 2. The van der Waals surface area contributed by atoms with Gasteiger partial charge < -0.3 is 10.6 Å². The van der Waals surface area contributed by atoms with Gasteiger partial charge in [0, 0.05) is 0 Å². The summed E-state index contributed by atoms with van der Waals surface area (Å²) >= 11 is 12.0. The Balaban J connectivity index is 1.71. The van der Waals surface area contributed by atoms with Gasteiger partial charge in [0.1, 0.15) is 0 Å². The molecule has 0 heterocycles. The number of hydrogen-bond donors (Lipinski definition) is 2. The number of benzene rings is 2. The first-order chi connectivity index (χ1) is 12.0. The maximum atomic E-state index is 12.4. The Morgan fingerprint density at radius 3 is 2.36 bits per heavy atom. The predicted octanol–water partition coefficient (Wildman–Crippen LogP) is 4.45. The standard InChI is InChI=1S/C19H18Cl2N2O2/c1-11-10-13(11)17(12-6-3-2-4-7-12)23-19(25)18(24)22-15-9-5-8-14(20)16(15)21/h2-9,11,13,17H,10H2,1H3,(H,22,24)(H,23,25). The van der Waals surface area contributed by atoms with E-state index in [9.17, 15) is 9.59 Å². The lowest BCUT2D eigenvalue weighted by molar-refractivity contribution is -0.136. The molecular formula is C19H18Cl2N2O2. The van der Waals surface area contributed by atoms with E-state index in [0.29, 0.717) is 22.5 Å². The third kappa shape index (κ3) is 4.14. The average Bonchev–Trinajstić information content (AvgIpc) is 3.33. The van der Waals surface area contributed by atoms with E-state index in [1.54, 1.807) is 18.2 Å². The van der Waals surface area contributed by atoms with E-state index in [4.69, 9.17) is 23.2 Å². The van der Waals surface area contributed by atoms with Gasteiger partial charge in [0.25, 0.3) is 0 Å². The molecule has 130 valence electrons. The second kappa shape index (κ2) is 7.46. The zero-order chi connectivity index (χ0) is 18.0. The molecule has 0 spiro atoms. The highest BCUT2D eigenvalue weighted by Gasteiger charge is 2.41. The van der Waals surface area contributed by atoms with Crippen molar-refractivity contribution < 1.29 is 9.59 Å². The first-order valence-electron chi connectivity index (χ1n) is 8.08. The molecule has 6 heteroatoms. The van der Waals surface area contributed by atoms with Crippen LogP contribution in [-0.2, 0) is 9.59 Å². The molecule has 0 radical (unpaired) electrons. The molecule has 2 N–H and O–H groups in total. The lowest BCUT2D eigenvalue weighted by Crippen LogP contribution is -2.38. The van der Waals surface area contributed by atoms with Crippen LogP contribution in [0.2, 0.25) is 10.0 Å². The van der Waals surface area contributed by atoms with Gasteiger partial charge in [-0.3, -0.25) is 9.59 Å². The van der Waals surface area contributed by atoms with E-state index in [0.717, 1.165) is 12.0 Å². The summed E-state index contributed by atoms with van der Waals surface area (Å²) in [5, 5.41) is 5.89. The van der Waals surface area contributed by atoms with Crippen LogP contribution >= 0.6 is 23.2 Å². The molecule has 3 atom stereocenters. The second-order valence-electron chi connectivity index (χ2n) is 6.29. The van der Waals surface area contributed by atoms with Crippen molar-refractivity contribution in [1.82, 2.24) is 5.32 Å². The van der Waals surface area contributed by atoms with E-state index in [2.05, 4.69) is 17.6 Å². The lowest BCUT2D eigenvalue weighted by atomic mass is 10.0. The third-order valence-corrected chi connectivity index (χ3v) is 5.27. The predicted molar refractivity (Wildman–Crippen MR) is 99.7 cm³/mol.